The molecule has 3 amide bonds. The third-order valence-corrected chi connectivity index (χ3v) is 8.98. The van der Waals surface area contributed by atoms with E-state index in [2.05, 4.69) is 42.8 Å². The molecule has 0 aromatic rings. The van der Waals surface area contributed by atoms with Gasteiger partial charge in [-0.15, -0.1) is 0 Å². The number of carbonyl (C=O) groups excluding carboxylic acids is 2. The number of rotatable bonds is 31. The molecule has 0 aliphatic carbocycles. The molecule has 0 bridgehead atoms. The van der Waals surface area contributed by atoms with Crippen LogP contribution < -0.4 is 5.32 Å². The van der Waals surface area contributed by atoms with Gasteiger partial charge in [-0.2, -0.15) is 0 Å². The Morgan fingerprint density at radius 2 is 1.38 bits per heavy atom. The monoisotopic (exact) mass is 640 g/mol. The summed E-state index contributed by atoms with van der Waals surface area (Å²) in [5.74, 6) is 0. The molecule has 0 radical (unpaired) electrons. The van der Waals surface area contributed by atoms with E-state index < -0.39 is 0 Å². The van der Waals surface area contributed by atoms with Crippen LogP contribution in [-0.4, -0.2) is 142 Å². The Hall–Kier alpha value is -1.30. The molecule has 2 aliphatic rings. The first-order valence-corrected chi connectivity index (χ1v) is 18.3. The Morgan fingerprint density at radius 3 is 2.00 bits per heavy atom. The topological polar surface area (TPSA) is 86.4 Å². The first kappa shape index (κ1) is 39.9. The molecular formula is C35H69N5O5. The zero-order chi connectivity index (χ0) is 32.7. The summed E-state index contributed by atoms with van der Waals surface area (Å²) in [5, 5.41) is 3.69. The molecule has 2 saturated heterocycles. The van der Waals surface area contributed by atoms with Crippen LogP contribution in [0, 0.1) is 0 Å². The Bertz CT molecular complexity index is 762. The summed E-state index contributed by atoms with van der Waals surface area (Å²) >= 11 is 0. The van der Waals surface area contributed by atoms with E-state index in [0.717, 1.165) is 130 Å². The molecular weight excluding hydrogens is 570 g/mol. The highest BCUT2D eigenvalue weighted by atomic mass is 16.5. The summed E-state index contributed by atoms with van der Waals surface area (Å²) < 4.78 is 17.9. The van der Waals surface area contributed by atoms with Crippen molar-refractivity contribution in [3.05, 3.63) is 0 Å². The van der Waals surface area contributed by atoms with Crippen LogP contribution in [0.15, 0.2) is 0 Å². The maximum atomic E-state index is 12.8. The number of carbonyl (C=O) groups is 2. The van der Waals surface area contributed by atoms with Crippen molar-refractivity contribution in [1.29, 1.82) is 0 Å². The fourth-order valence-electron chi connectivity index (χ4n) is 5.53. The molecule has 2 fully saturated rings. The fraction of sp³-hybridized carbons (Fsp3) is 0.943. The third kappa shape index (κ3) is 19.2. The summed E-state index contributed by atoms with van der Waals surface area (Å²) in [6, 6.07) is 1.56. The maximum Gasteiger partial charge on any atom is 0.326 e. The number of hydrogen-bond acceptors (Lipinski definition) is 8. The van der Waals surface area contributed by atoms with Gasteiger partial charge in [0.2, 0.25) is 6.41 Å². The van der Waals surface area contributed by atoms with Crippen LogP contribution in [0.25, 0.3) is 0 Å². The second-order valence-corrected chi connectivity index (χ2v) is 13.4. The standard InChI is InChI=1S/C35H69N5O5/c1-6-8-21-43-28-33(26-39-24-31(39)3)36-18-14-10-11-16-20-38(30-41)35(42)37(5)19-15-12-13-17-23-45-34(27-40-25-32(40)4)29-44-22-9-7-2/h30-34,36H,6-29H2,1-5H3. The summed E-state index contributed by atoms with van der Waals surface area (Å²) in [4.78, 5) is 32.4. The van der Waals surface area contributed by atoms with Gasteiger partial charge in [-0.1, -0.05) is 52.4 Å². The van der Waals surface area contributed by atoms with Gasteiger partial charge in [-0.05, 0) is 58.9 Å². The Morgan fingerprint density at radius 1 is 0.800 bits per heavy atom. The van der Waals surface area contributed by atoms with Crippen molar-refractivity contribution >= 4 is 12.4 Å². The Kier molecular flexibility index (Phi) is 22.0. The molecule has 10 heteroatoms. The minimum Gasteiger partial charge on any atom is -0.380 e. The van der Waals surface area contributed by atoms with Gasteiger partial charge in [0.25, 0.3) is 0 Å². The van der Waals surface area contributed by atoms with Crippen LogP contribution in [0.3, 0.4) is 0 Å². The van der Waals surface area contributed by atoms with E-state index >= 15 is 0 Å². The van der Waals surface area contributed by atoms with Crippen molar-refractivity contribution in [2.24, 2.45) is 0 Å². The van der Waals surface area contributed by atoms with Gasteiger partial charge in [-0.25, -0.2) is 4.79 Å². The van der Waals surface area contributed by atoms with Crippen LogP contribution in [0.1, 0.15) is 105 Å². The molecule has 6 atom stereocenters. The number of urea groups is 1. The Balaban J connectivity index is 1.49. The molecule has 2 heterocycles. The number of nitrogens with one attached hydrogen (secondary N) is 1. The summed E-state index contributed by atoms with van der Waals surface area (Å²) in [5.41, 5.74) is 0. The first-order chi connectivity index (χ1) is 21.9. The molecule has 0 aromatic carbocycles. The van der Waals surface area contributed by atoms with Gasteiger partial charge in [0.15, 0.2) is 0 Å². The molecule has 6 unspecified atom stereocenters. The van der Waals surface area contributed by atoms with Crippen molar-refractivity contribution in [2.75, 3.05) is 85.9 Å². The molecule has 0 saturated carbocycles. The minimum absolute atomic E-state index is 0.147. The largest absolute Gasteiger partial charge is 0.380 e. The number of unbranched alkanes of at least 4 members (excludes halogenated alkanes) is 8. The average molecular weight is 640 g/mol. The van der Waals surface area contributed by atoms with Crippen LogP contribution in [0.5, 0.6) is 0 Å². The molecule has 2 rings (SSSR count). The molecule has 45 heavy (non-hydrogen) atoms. The second kappa shape index (κ2) is 24.8. The van der Waals surface area contributed by atoms with Crippen LogP contribution in [0.4, 0.5) is 4.79 Å². The molecule has 2 aliphatic heterocycles. The van der Waals surface area contributed by atoms with Gasteiger partial charge in [0.05, 0.1) is 19.3 Å². The maximum absolute atomic E-state index is 12.8. The number of imide groups is 1. The lowest BCUT2D eigenvalue weighted by molar-refractivity contribution is -0.116. The van der Waals surface area contributed by atoms with Gasteiger partial charge in [-0.3, -0.25) is 19.5 Å². The highest BCUT2D eigenvalue weighted by molar-refractivity contribution is 5.84. The molecule has 1 N–H and O–H groups in total. The van der Waals surface area contributed by atoms with Crippen molar-refractivity contribution in [2.45, 2.75) is 129 Å². The normalized spacial score (nSPS) is 21.8. The van der Waals surface area contributed by atoms with Gasteiger partial charge in [0, 0.05) is 84.3 Å². The second-order valence-electron chi connectivity index (χ2n) is 13.4. The lowest BCUT2D eigenvalue weighted by Gasteiger charge is -2.24. The molecule has 10 nitrogen and oxygen atoms in total. The number of hydrogen-bond donors (Lipinski definition) is 1. The van der Waals surface area contributed by atoms with E-state index in [1.807, 2.05) is 0 Å². The van der Waals surface area contributed by atoms with Gasteiger partial charge in [0.1, 0.15) is 0 Å². The van der Waals surface area contributed by atoms with Crippen molar-refractivity contribution in [3.63, 3.8) is 0 Å². The van der Waals surface area contributed by atoms with E-state index in [1.165, 1.54) is 11.4 Å². The fourth-order valence-corrected chi connectivity index (χ4v) is 5.53. The molecule has 0 aromatic heterocycles. The Labute approximate surface area is 275 Å². The predicted molar refractivity (Wildman–Crippen MR) is 183 cm³/mol. The highest BCUT2D eigenvalue weighted by Gasteiger charge is 2.32. The number of amides is 3. The third-order valence-electron chi connectivity index (χ3n) is 8.98. The van der Waals surface area contributed by atoms with Gasteiger partial charge >= 0.3 is 6.03 Å². The molecule has 0 spiro atoms. The smallest absolute Gasteiger partial charge is 0.326 e. The molecule has 264 valence electrons. The van der Waals surface area contributed by atoms with E-state index in [9.17, 15) is 9.59 Å². The zero-order valence-corrected chi connectivity index (χ0v) is 29.7. The van der Waals surface area contributed by atoms with Crippen LogP contribution >= 0.6 is 0 Å². The number of nitrogens with zero attached hydrogens (tertiary/aromatic N) is 4. The first-order valence-electron chi connectivity index (χ1n) is 18.3. The zero-order valence-electron chi connectivity index (χ0n) is 29.7. The summed E-state index contributed by atoms with van der Waals surface area (Å²) in [7, 11) is 1.80. The van der Waals surface area contributed by atoms with Crippen molar-refractivity contribution in [3.8, 4) is 0 Å². The van der Waals surface area contributed by atoms with E-state index in [4.69, 9.17) is 14.2 Å². The lowest BCUT2D eigenvalue weighted by atomic mass is 10.2. The van der Waals surface area contributed by atoms with Gasteiger partial charge < -0.3 is 24.4 Å². The van der Waals surface area contributed by atoms with Crippen molar-refractivity contribution in [1.82, 2.24) is 24.9 Å². The minimum atomic E-state index is -0.194. The van der Waals surface area contributed by atoms with E-state index in [-0.39, 0.29) is 12.1 Å². The van der Waals surface area contributed by atoms with Crippen LogP contribution in [0.2, 0.25) is 0 Å². The lowest BCUT2D eigenvalue weighted by Crippen LogP contribution is -2.41. The number of ether oxygens (including phenoxy) is 3. The quantitative estimate of drug-likeness (QED) is 0.0645. The summed E-state index contributed by atoms with van der Waals surface area (Å²) in [6.45, 7) is 19.2. The SMILES string of the molecule is CCCCOCC(CN1CC1C)NCCCCCCN(C=O)C(=O)N(C)CCCCCCOC(COCCCC)CN1CC1C. The summed E-state index contributed by atoms with van der Waals surface area (Å²) in [6.07, 6.45) is 13.4. The van der Waals surface area contributed by atoms with Crippen molar-refractivity contribution < 1.29 is 23.8 Å². The average Bonchev–Trinajstić information content (AvgIpc) is 3.94. The highest BCUT2D eigenvalue weighted by Crippen LogP contribution is 2.18. The van der Waals surface area contributed by atoms with E-state index in [1.54, 1.807) is 11.9 Å². The predicted octanol–water partition coefficient (Wildman–Crippen LogP) is 5.00. The van der Waals surface area contributed by atoms with Crippen LogP contribution in [-0.2, 0) is 19.0 Å². The van der Waals surface area contributed by atoms with E-state index in [0.29, 0.717) is 44.2 Å².